The van der Waals surface area contributed by atoms with E-state index in [4.69, 9.17) is 5.73 Å². The van der Waals surface area contributed by atoms with Crippen LogP contribution in [0.15, 0.2) is 0 Å². The summed E-state index contributed by atoms with van der Waals surface area (Å²) in [7, 11) is -2.92. The lowest BCUT2D eigenvalue weighted by Crippen LogP contribution is -2.41. The van der Waals surface area contributed by atoms with Crippen LogP contribution in [-0.2, 0) is 9.84 Å². The van der Waals surface area contributed by atoms with Crippen molar-refractivity contribution in [2.24, 2.45) is 23.5 Å². The van der Waals surface area contributed by atoms with Gasteiger partial charge >= 0.3 is 0 Å². The van der Waals surface area contributed by atoms with Gasteiger partial charge in [0.05, 0.1) is 11.0 Å². The zero-order valence-corrected chi connectivity index (χ0v) is 12.2. The first-order valence-corrected chi connectivity index (χ1v) is 8.55. The van der Waals surface area contributed by atoms with Crippen molar-refractivity contribution in [2.45, 2.75) is 51.7 Å². The Hall–Kier alpha value is -0.0900. The highest BCUT2D eigenvalue weighted by atomic mass is 32.2. The SMILES string of the molecule is CCCS(=O)(=O)C1CCC(C(C)C)CC1CN. The Morgan fingerprint density at radius 2 is 1.94 bits per heavy atom. The van der Waals surface area contributed by atoms with E-state index in [2.05, 4.69) is 13.8 Å². The molecule has 0 heterocycles. The molecule has 0 radical (unpaired) electrons. The topological polar surface area (TPSA) is 60.2 Å². The summed E-state index contributed by atoms with van der Waals surface area (Å²) in [4.78, 5) is 0. The van der Waals surface area contributed by atoms with Gasteiger partial charge in [0.15, 0.2) is 9.84 Å². The summed E-state index contributed by atoms with van der Waals surface area (Å²) >= 11 is 0. The number of hydrogen-bond acceptors (Lipinski definition) is 3. The largest absolute Gasteiger partial charge is 0.330 e. The smallest absolute Gasteiger partial charge is 0.153 e. The van der Waals surface area contributed by atoms with E-state index < -0.39 is 9.84 Å². The molecule has 0 aromatic heterocycles. The zero-order valence-electron chi connectivity index (χ0n) is 11.4. The van der Waals surface area contributed by atoms with Crippen LogP contribution in [0, 0.1) is 17.8 Å². The second-order valence-electron chi connectivity index (χ2n) is 5.72. The molecule has 0 saturated heterocycles. The van der Waals surface area contributed by atoms with Crippen molar-refractivity contribution < 1.29 is 8.42 Å². The van der Waals surface area contributed by atoms with Crippen molar-refractivity contribution in [3.05, 3.63) is 0 Å². The fourth-order valence-corrected chi connectivity index (χ4v) is 5.21. The van der Waals surface area contributed by atoms with E-state index in [-0.39, 0.29) is 11.2 Å². The average molecular weight is 261 g/mol. The highest BCUT2D eigenvalue weighted by molar-refractivity contribution is 7.92. The van der Waals surface area contributed by atoms with Gasteiger partial charge in [0.2, 0.25) is 0 Å². The number of rotatable bonds is 5. The molecule has 4 heteroatoms. The van der Waals surface area contributed by atoms with Crippen molar-refractivity contribution in [3.63, 3.8) is 0 Å². The second kappa shape index (κ2) is 6.19. The summed E-state index contributed by atoms with van der Waals surface area (Å²) in [5, 5.41) is -0.178. The van der Waals surface area contributed by atoms with Crippen molar-refractivity contribution in [1.29, 1.82) is 0 Å². The minimum absolute atomic E-state index is 0.174. The third kappa shape index (κ3) is 3.68. The molecule has 17 heavy (non-hydrogen) atoms. The van der Waals surface area contributed by atoms with E-state index in [1.165, 1.54) is 0 Å². The van der Waals surface area contributed by atoms with Crippen LogP contribution in [0.25, 0.3) is 0 Å². The van der Waals surface area contributed by atoms with Gasteiger partial charge in [-0.25, -0.2) is 8.42 Å². The van der Waals surface area contributed by atoms with E-state index in [1.807, 2.05) is 6.92 Å². The lowest BCUT2D eigenvalue weighted by Gasteiger charge is -2.37. The highest BCUT2D eigenvalue weighted by Crippen LogP contribution is 2.36. The third-order valence-corrected chi connectivity index (χ3v) is 6.67. The Morgan fingerprint density at radius 3 is 2.41 bits per heavy atom. The van der Waals surface area contributed by atoms with Gasteiger partial charge < -0.3 is 5.73 Å². The predicted molar refractivity (Wildman–Crippen MR) is 72.6 cm³/mol. The van der Waals surface area contributed by atoms with Crippen LogP contribution in [0.1, 0.15) is 46.5 Å². The predicted octanol–water partition coefficient (Wildman–Crippen LogP) is 2.21. The summed E-state index contributed by atoms with van der Waals surface area (Å²) in [6, 6.07) is 0. The van der Waals surface area contributed by atoms with Gasteiger partial charge in [0, 0.05) is 0 Å². The van der Waals surface area contributed by atoms with E-state index in [0.29, 0.717) is 30.6 Å². The molecule has 102 valence electrons. The van der Waals surface area contributed by atoms with Gasteiger partial charge in [-0.2, -0.15) is 0 Å². The van der Waals surface area contributed by atoms with Gasteiger partial charge in [0.1, 0.15) is 0 Å². The lowest BCUT2D eigenvalue weighted by atomic mass is 9.76. The monoisotopic (exact) mass is 261 g/mol. The summed E-state index contributed by atoms with van der Waals surface area (Å²) in [5.74, 6) is 1.78. The first kappa shape index (κ1) is 15.0. The van der Waals surface area contributed by atoms with E-state index >= 15 is 0 Å². The van der Waals surface area contributed by atoms with Crippen LogP contribution >= 0.6 is 0 Å². The molecule has 1 fully saturated rings. The summed E-state index contributed by atoms with van der Waals surface area (Å²) < 4.78 is 24.4. The van der Waals surface area contributed by atoms with Crippen LogP contribution in [0.4, 0.5) is 0 Å². The molecule has 3 atom stereocenters. The minimum Gasteiger partial charge on any atom is -0.330 e. The van der Waals surface area contributed by atoms with Crippen molar-refractivity contribution in [2.75, 3.05) is 12.3 Å². The molecule has 0 aliphatic heterocycles. The van der Waals surface area contributed by atoms with E-state index in [9.17, 15) is 8.42 Å². The maximum atomic E-state index is 12.2. The molecule has 3 nitrogen and oxygen atoms in total. The molecule has 2 N–H and O–H groups in total. The first-order chi connectivity index (χ1) is 7.92. The third-order valence-electron chi connectivity index (χ3n) is 4.15. The molecule has 0 spiro atoms. The van der Waals surface area contributed by atoms with Crippen molar-refractivity contribution in [1.82, 2.24) is 0 Å². The number of sulfone groups is 1. The molecule has 1 aliphatic rings. The molecule has 0 amide bonds. The van der Waals surface area contributed by atoms with Crippen LogP contribution in [0.3, 0.4) is 0 Å². The zero-order chi connectivity index (χ0) is 13.1. The fourth-order valence-electron chi connectivity index (χ4n) is 3.03. The van der Waals surface area contributed by atoms with Crippen LogP contribution in [0.5, 0.6) is 0 Å². The number of nitrogens with two attached hydrogens (primary N) is 1. The van der Waals surface area contributed by atoms with Crippen LogP contribution < -0.4 is 5.73 Å². The van der Waals surface area contributed by atoms with E-state index in [0.717, 1.165) is 19.3 Å². The second-order valence-corrected chi connectivity index (χ2v) is 8.06. The van der Waals surface area contributed by atoms with Crippen LogP contribution in [0.2, 0.25) is 0 Å². The van der Waals surface area contributed by atoms with Gasteiger partial charge in [-0.1, -0.05) is 20.8 Å². The Morgan fingerprint density at radius 1 is 1.29 bits per heavy atom. The number of hydrogen-bond donors (Lipinski definition) is 1. The normalized spacial score (nSPS) is 30.8. The Bertz CT molecular complexity index is 324. The van der Waals surface area contributed by atoms with E-state index in [1.54, 1.807) is 0 Å². The Balaban J connectivity index is 2.76. The molecule has 1 rings (SSSR count). The molecule has 1 saturated carbocycles. The standard InChI is InChI=1S/C13H27NO2S/c1-4-7-17(15,16)13-6-5-11(10(2)3)8-12(13)9-14/h10-13H,4-9,14H2,1-3H3. The van der Waals surface area contributed by atoms with Crippen LogP contribution in [-0.4, -0.2) is 26.0 Å². The van der Waals surface area contributed by atoms with Gasteiger partial charge in [-0.15, -0.1) is 0 Å². The molecule has 0 bridgehead atoms. The maximum Gasteiger partial charge on any atom is 0.153 e. The molecular formula is C13H27NO2S. The highest BCUT2D eigenvalue weighted by Gasteiger charge is 2.37. The molecule has 3 unspecified atom stereocenters. The summed E-state index contributed by atoms with van der Waals surface area (Å²) in [6.45, 7) is 6.88. The van der Waals surface area contributed by atoms with Crippen molar-refractivity contribution in [3.8, 4) is 0 Å². The average Bonchev–Trinajstić information content (AvgIpc) is 2.28. The molecular weight excluding hydrogens is 234 g/mol. The summed E-state index contributed by atoms with van der Waals surface area (Å²) in [5.41, 5.74) is 5.78. The lowest BCUT2D eigenvalue weighted by molar-refractivity contribution is 0.220. The van der Waals surface area contributed by atoms with Crippen molar-refractivity contribution >= 4 is 9.84 Å². The molecule has 1 aliphatic carbocycles. The minimum atomic E-state index is -2.92. The maximum absolute atomic E-state index is 12.2. The Kier molecular flexibility index (Phi) is 5.45. The first-order valence-electron chi connectivity index (χ1n) is 6.84. The summed E-state index contributed by atoms with van der Waals surface area (Å²) in [6.07, 6.45) is 3.56. The quantitative estimate of drug-likeness (QED) is 0.825. The molecule has 0 aromatic carbocycles. The van der Waals surface area contributed by atoms with Gasteiger partial charge in [-0.05, 0) is 50.0 Å². The molecule has 0 aromatic rings. The van der Waals surface area contributed by atoms with Gasteiger partial charge in [-0.3, -0.25) is 0 Å². The Labute approximate surface area is 106 Å². The van der Waals surface area contributed by atoms with Gasteiger partial charge in [0.25, 0.3) is 0 Å². The fraction of sp³-hybridized carbons (Fsp3) is 1.00.